The zero-order valence-corrected chi connectivity index (χ0v) is 13.7. The second kappa shape index (κ2) is 7.36. The molecule has 0 saturated carbocycles. The summed E-state index contributed by atoms with van der Waals surface area (Å²) in [5.74, 6) is 1.35. The number of aryl methyl sites for hydroxylation is 1. The van der Waals surface area contributed by atoms with Crippen molar-refractivity contribution in [3.8, 4) is 5.75 Å². The minimum Gasteiger partial charge on any atom is -0.489 e. The Balaban J connectivity index is 1.84. The number of carbonyl (C=O) groups excluding carboxylic acids is 1. The first-order chi connectivity index (χ1) is 10.5. The third-order valence-corrected chi connectivity index (χ3v) is 3.33. The van der Waals surface area contributed by atoms with Gasteiger partial charge in [-0.05, 0) is 50.6 Å². The van der Waals surface area contributed by atoms with Crippen LogP contribution in [0.25, 0.3) is 0 Å². The van der Waals surface area contributed by atoms with Crippen LogP contribution in [0.4, 0.5) is 0 Å². The summed E-state index contributed by atoms with van der Waals surface area (Å²) in [6.07, 6.45) is -0.146. The summed E-state index contributed by atoms with van der Waals surface area (Å²) in [5.41, 5.74) is 1.13. The van der Waals surface area contributed by atoms with Crippen molar-refractivity contribution >= 4 is 17.5 Å². The van der Waals surface area contributed by atoms with E-state index >= 15 is 0 Å². The van der Waals surface area contributed by atoms with E-state index in [1.807, 2.05) is 38.1 Å². The van der Waals surface area contributed by atoms with E-state index < -0.39 is 0 Å². The van der Waals surface area contributed by atoms with Crippen LogP contribution in [-0.4, -0.2) is 18.6 Å². The van der Waals surface area contributed by atoms with E-state index in [2.05, 4.69) is 5.32 Å². The lowest BCUT2D eigenvalue weighted by Crippen LogP contribution is -2.33. The molecule has 0 saturated heterocycles. The number of hydrogen-bond acceptors (Lipinski definition) is 3. The molecule has 2 aromatic rings. The molecule has 118 valence electrons. The van der Waals surface area contributed by atoms with Crippen molar-refractivity contribution in [1.82, 2.24) is 5.32 Å². The van der Waals surface area contributed by atoms with Crippen LogP contribution in [0.15, 0.2) is 40.8 Å². The van der Waals surface area contributed by atoms with Gasteiger partial charge in [0.2, 0.25) is 0 Å². The highest BCUT2D eigenvalue weighted by Gasteiger charge is 2.14. The molecule has 0 aliphatic carbocycles. The predicted octanol–water partition coefficient (Wildman–Crippen LogP) is 4.09. The van der Waals surface area contributed by atoms with E-state index in [0.717, 1.165) is 11.3 Å². The number of amides is 1. The lowest BCUT2D eigenvalue weighted by molar-refractivity contribution is 0.0903. The van der Waals surface area contributed by atoms with Crippen LogP contribution in [0.2, 0.25) is 0 Å². The summed E-state index contributed by atoms with van der Waals surface area (Å²) >= 11 is 5.91. The van der Waals surface area contributed by atoms with Gasteiger partial charge in [0.1, 0.15) is 17.6 Å². The smallest absolute Gasteiger partial charge is 0.287 e. The Hall–Kier alpha value is -1.94. The van der Waals surface area contributed by atoms with E-state index in [1.165, 1.54) is 0 Å². The van der Waals surface area contributed by atoms with E-state index in [-0.39, 0.29) is 23.1 Å². The number of halogens is 1. The van der Waals surface area contributed by atoms with Crippen molar-refractivity contribution in [2.45, 2.75) is 32.3 Å². The fourth-order valence-corrected chi connectivity index (χ4v) is 2.09. The maximum absolute atomic E-state index is 12.0. The summed E-state index contributed by atoms with van der Waals surface area (Å²) in [6.45, 7) is 6.09. The summed E-state index contributed by atoms with van der Waals surface area (Å²) in [4.78, 5) is 12.0. The number of ether oxygens (including phenoxy) is 1. The first-order valence-electron chi connectivity index (χ1n) is 7.21. The first kappa shape index (κ1) is 16.4. The number of alkyl halides is 1. The minimum absolute atomic E-state index is 0.146. The molecule has 2 atom stereocenters. The van der Waals surface area contributed by atoms with E-state index in [9.17, 15) is 4.79 Å². The molecule has 5 heteroatoms. The molecule has 2 unspecified atom stereocenters. The summed E-state index contributed by atoms with van der Waals surface area (Å²) in [6, 6.07) is 11.1. The number of nitrogens with one attached hydrogen (secondary N) is 1. The normalized spacial score (nSPS) is 13.5. The molecule has 1 amide bonds. The van der Waals surface area contributed by atoms with Crippen LogP contribution in [-0.2, 0) is 0 Å². The van der Waals surface area contributed by atoms with Crippen LogP contribution < -0.4 is 10.1 Å². The fourth-order valence-electron chi connectivity index (χ4n) is 1.97. The molecule has 0 bridgehead atoms. The highest BCUT2D eigenvalue weighted by atomic mass is 35.5. The van der Waals surface area contributed by atoms with Crippen molar-refractivity contribution in [1.29, 1.82) is 0 Å². The summed E-state index contributed by atoms with van der Waals surface area (Å²) in [5, 5.41) is 2.53. The van der Waals surface area contributed by atoms with Gasteiger partial charge in [-0.1, -0.05) is 12.1 Å². The molecule has 0 aliphatic rings. The van der Waals surface area contributed by atoms with Crippen LogP contribution >= 0.6 is 11.6 Å². The largest absolute Gasteiger partial charge is 0.489 e. The number of carbonyl (C=O) groups is 1. The van der Waals surface area contributed by atoms with E-state index in [0.29, 0.717) is 12.3 Å². The zero-order chi connectivity index (χ0) is 16.1. The monoisotopic (exact) mass is 321 g/mol. The van der Waals surface area contributed by atoms with Gasteiger partial charge in [0.15, 0.2) is 5.76 Å². The second-order valence-electron chi connectivity index (χ2n) is 5.27. The Morgan fingerprint density at radius 3 is 2.73 bits per heavy atom. The second-order valence-corrected chi connectivity index (χ2v) is 5.93. The zero-order valence-electron chi connectivity index (χ0n) is 12.9. The molecule has 22 heavy (non-hydrogen) atoms. The topological polar surface area (TPSA) is 51.5 Å². The van der Waals surface area contributed by atoms with Crippen molar-refractivity contribution in [2.24, 2.45) is 0 Å². The molecule has 0 spiro atoms. The minimum atomic E-state index is -0.275. The number of rotatable bonds is 6. The van der Waals surface area contributed by atoms with Crippen molar-refractivity contribution in [2.75, 3.05) is 6.54 Å². The van der Waals surface area contributed by atoms with Crippen LogP contribution in [0, 0.1) is 6.92 Å². The van der Waals surface area contributed by atoms with Gasteiger partial charge in [-0.15, -0.1) is 11.6 Å². The Labute approximate surface area is 135 Å². The summed E-state index contributed by atoms with van der Waals surface area (Å²) in [7, 11) is 0. The van der Waals surface area contributed by atoms with Crippen LogP contribution in [0.1, 0.15) is 41.1 Å². The lowest BCUT2D eigenvalue weighted by Gasteiger charge is -2.15. The molecule has 4 nitrogen and oxygen atoms in total. The predicted molar refractivity (Wildman–Crippen MR) is 86.6 cm³/mol. The van der Waals surface area contributed by atoms with Gasteiger partial charge in [0.05, 0.1) is 11.9 Å². The summed E-state index contributed by atoms with van der Waals surface area (Å²) < 4.78 is 11.1. The molecular weight excluding hydrogens is 302 g/mol. The van der Waals surface area contributed by atoms with Crippen LogP contribution in [0.5, 0.6) is 5.75 Å². The highest BCUT2D eigenvalue weighted by Crippen LogP contribution is 2.21. The molecule has 2 rings (SSSR count). The average molecular weight is 322 g/mol. The third-order valence-electron chi connectivity index (χ3n) is 3.12. The highest BCUT2D eigenvalue weighted by molar-refractivity contribution is 6.20. The maximum atomic E-state index is 12.0. The van der Waals surface area contributed by atoms with E-state index in [1.54, 1.807) is 19.1 Å². The Morgan fingerprint density at radius 2 is 2.09 bits per heavy atom. The Kier molecular flexibility index (Phi) is 5.50. The van der Waals surface area contributed by atoms with Crippen molar-refractivity contribution in [3.63, 3.8) is 0 Å². The van der Waals surface area contributed by atoms with Gasteiger partial charge in [-0.25, -0.2) is 0 Å². The Morgan fingerprint density at radius 1 is 1.32 bits per heavy atom. The number of hydrogen-bond donors (Lipinski definition) is 1. The quantitative estimate of drug-likeness (QED) is 0.815. The molecule has 1 aromatic heterocycles. The SMILES string of the molecule is Cc1cccc(OC(C)CNC(=O)c2ccc(C(C)Cl)o2)c1. The third kappa shape index (κ3) is 4.53. The molecule has 0 radical (unpaired) electrons. The lowest BCUT2D eigenvalue weighted by atomic mass is 10.2. The first-order valence-corrected chi connectivity index (χ1v) is 7.64. The van der Waals surface area contributed by atoms with Gasteiger partial charge in [-0.2, -0.15) is 0 Å². The van der Waals surface area contributed by atoms with Gasteiger partial charge in [0, 0.05) is 0 Å². The van der Waals surface area contributed by atoms with Gasteiger partial charge in [-0.3, -0.25) is 4.79 Å². The van der Waals surface area contributed by atoms with E-state index in [4.69, 9.17) is 20.8 Å². The molecular formula is C17H20ClNO3. The van der Waals surface area contributed by atoms with Crippen molar-refractivity contribution in [3.05, 3.63) is 53.5 Å². The Bertz CT molecular complexity index is 636. The molecule has 1 N–H and O–H groups in total. The van der Waals surface area contributed by atoms with Gasteiger partial charge >= 0.3 is 0 Å². The standard InChI is InChI=1S/C17H20ClNO3/c1-11-5-4-6-14(9-11)21-12(2)10-19-17(20)16-8-7-15(22-16)13(3)18/h4-9,12-13H,10H2,1-3H3,(H,19,20). The fraction of sp³-hybridized carbons (Fsp3) is 0.353. The number of furan rings is 1. The molecule has 1 heterocycles. The molecule has 1 aromatic carbocycles. The molecule has 0 aliphatic heterocycles. The average Bonchev–Trinajstić information content (AvgIpc) is 2.95. The van der Waals surface area contributed by atoms with Gasteiger partial charge in [0.25, 0.3) is 5.91 Å². The molecule has 0 fully saturated rings. The number of benzene rings is 1. The van der Waals surface area contributed by atoms with Crippen LogP contribution in [0.3, 0.4) is 0 Å². The van der Waals surface area contributed by atoms with Gasteiger partial charge < -0.3 is 14.5 Å². The maximum Gasteiger partial charge on any atom is 0.287 e. The van der Waals surface area contributed by atoms with Crippen molar-refractivity contribution < 1.29 is 13.9 Å².